The lowest BCUT2D eigenvalue weighted by atomic mass is 10.3. The van der Waals surface area contributed by atoms with Gasteiger partial charge in [0.25, 0.3) is 0 Å². The fourth-order valence-electron chi connectivity index (χ4n) is 0.821. The molecule has 0 aliphatic heterocycles. The molecule has 0 saturated heterocycles. The van der Waals surface area contributed by atoms with Crippen molar-refractivity contribution in [3.63, 3.8) is 0 Å². The van der Waals surface area contributed by atoms with E-state index in [0.29, 0.717) is 0 Å². The Morgan fingerprint density at radius 1 is 1.40 bits per heavy atom. The molecule has 0 aromatic carbocycles. The van der Waals surface area contributed by atoms with Gasteiger partial charge in [-0.2, -0.15) is 15.4 Å². The van der Waals surface area contributed by atoms with E-state index in [1.807, 2.05) is 18.3 Å². The summed E-state index contributed by atoms with van der Waals surface area (Å²) in [5.74, 6) is 0. The minimum atomic E-state index is 0.838. The lowest BCUT2D eigenvalue weighted by Crippen LogP contribution is -1.75. The molecule has 50 valence electrons. The number of aromatic amines is 2. The van der Waals surface area contributed by atoms with Gasteiger partial charge in [0.05, 0.1) is 11.9 Å². The standard InChI is InChI=1S/C6H6N4/c1-2-5(7-3-1)6-4-8-10-9-6/h1-4,7H,(H,8,9,10). The molecule has 2 aromatic rings. The first kappa shape index (κ1) is 5.22. The van der Waals surface area contributed by atoms with Crippen molar-refractivity contribution in [3.05, 3.63) is 24.5 Å². The zero-order valence-electron chi connectivity index (χ0n) is 5.20. The van der Waals surface area contributed by atoms with Gasteiger partial charge in [-0.15, -0.1) is 0 Å². The zero-order chi connectivity index (χ0) is 6.81. The number of nitrogens with zero attached hydrogens (tertiary/aromatic N) is 2. The third-order valence-corrected chi connectivity index (χ3v) is 1.29. The Morgan fingerprint density at radius 2 is 2.40 bits per heavy atom. The average molecular weight is 134 g/mol. The molecule has 2 N–H and O–H groups in total. The minimum absolute atomic E-state index is 0.838. The highest BCUT2D eigenvalue weighted by molar-refractivity contribution is 5.51. The van der Waals surface area contributed by atoms with Gasteiger partial charge < -0.3 is 4.98 Å². The number of aromatic nitrogens is 4. The second-order valence-corrected chi connectivity index (χ2v) is 1.94. The van der Waals surface area contributed by atoms with Crippen LogP contribution in [0.1, 0.15) is 0 Å². The van der Waals surface area contributed by atoms with Crippen LogP contribution in [0.4, 0.5) is 0 Å². The largest absolute Gasteiger partial charge is 0.360 e. The Bertz CT molecular complexity index is 249. The van der Waals surface area contributed by atoms with E-state index in [-0.39, 0.29) is 0 Å². The van der Waals surface area contributed by atoms with Gasteiger partial charge in [-0.1, -0.05) is 0 Å². The van der Waals surface area contributed by atoms with E-state index >= 15 is 0 Å². The Balaban J connectivity index is 2.48. The van der Waals surface area contributed by atoms with Gasteiger partial charge in [-0.3, -0.25) is 0 Å². The number of H-pyrrole nitrogens is 2. The molecule has 0 saturated carbocycles. The molecule has 2 rings (SSSR count). The molecule has 0 spiro atoms. The third kappa shape index (κ3) is 0.699. The molecular weight excluding hydrogens is 128 g/mol. The van der Waals surface area contributed by atoms with Crippen LogP contribution in [0.25, 0.3) is 11.4 Å². The highest BCUT2D eigenvalue weighted by Crippen LogP contribution is 2.09. The first-order chi connectivity index (χ1) is 4.97. The SMILES string of the molecule is c1c[nH]c(-c2cn[nH]n2)c1. The maximum absolute atomic E-state index is 3.89. The smallest absolute Gasteiger partial charge is 0.128 e. The topological polar surface area (TPSA) is 57.4 Å². The molecule has 2 heterocycles. The number of rotatable bonds is 1. The maximum atomic E-state index is 3.89. The molecule has 0 radical (unpaired) electrons. The Morgan fingerprint density at radius 3 is 3.00 bits per heavy atom. The number of nitrogens with one attached hydrogen (secondary N) is 2. The van der Waals surface area contributed by atoms with Crippen LogP contribution in [-0.4, -0.2) is 20.4 Å². The van der Waals surface area contributed by atoms with Crippen molar-refractivity contribution in [2.24, 2.45) is 0 Å². The Hall–Kier alpha value is -1.58. The summed E-state index contributed by atoms with van der Waals surface area (Å²) in [5.41, 5.74) is 1.82. The first-order valence-corrected chi connectivity index (χ1v) is 2.96. The van der Waals surface area contributed by atoms with Crippen molar-refractivity contribution in [2.45, 2.75) is 0 Å². The third-order valence-electron chi connectivity index (χ3n) is 1.29. The highest BCUT2D eigenvalue weighted by atomic mass is 15.3. The molecule has 0 aliphatic rings. The summed E-state index contributed by atoms with van der Waals surface area (Å²) in [5, 5.41) is 10.1. The van der Waals surface area contributed by atoms with Gasteiger partial charge in [0, 0.05) is 6.20 Å². The summed E-state index contributed by atoms with van der Waals surface area (Å²) < 4.78 is 0. The zero-order valence-corrected chi connectivity index (χ0v) is 5.20. The van der Waals surface area contributed by atoms with Crippen LogP contribution >= 0.6 is 0 Å². The molecule has 0 aliphatic carbocycles. The van der Waals surface area contributed by atoms with Crippen molar-refractivity contribution < 1.29 is 0 Å². The predicted octanol–water partition coefficient (Wildman–Crippen LogP) is 0.800. The van der Waals surface area contributed by atoms with Crippen molar-refractivity contribution in [1.82, 2.24) is 20.4 Å². The van der Waals surface area contributed by atoms with E-state index in [1.165, 1.54) is 0 Å². The van der Waals surface area contributed by atoms with Gasteiger partial charge in [-0.25, -0.2) is 0 Å². The number of hydrogen-bond donors (Lipinski definition) is 2. The van der Waals surface area contributed by atoms with Crippen molar-refractivity contribution >= 4 is 0 Å². The van der Waals surface area contributed by atoms with Crippen LogP contribution < -0.4 is 0 Å². The molecular formula is C6H6N4. The quantitative estimate of drug-likeness (QED) is 0.606. The van der Waals surface area contributed by atoms with Crippen LogP contribution in [0, 0.1) is 0 Å². The van der Waals surface area contributed by atoms with Crippen LogP contribution in [0.2, 0.25) is 0 Å². The Kier molecular flexibility index (Phi) is 1.04. The van der Waals surface area contributed by atoms with Crippen molar-refractivity contribution in [2.75, 3.05) is 0 Å². The van der Waals surface area contributed by atoms with Gasteiger partial charge >= 0.3 is 0 Å². The second kappa shape index (κ2) is 1.98. The summed E-state index contributed by atoms with van der Waals surface area (Å²) in [6.45, 7) is 0. The fourth-order valence-corrected chi connectivity index (χ4v) is 0.821. The van der Waals surface area contributed by atoms with E-state index < -0.39 is 0 Å². The summed E-state index contributed by atoms with van der Waals surface area (Å²) in [7, 11) is 0. The molecule has 2 aromatic heterocycles. The van der Waals surface area contributed by atoms with Crippen LogP contribution in [-0.2, 0) is 0 Å². The highest BCUT2D eigenvalue weighted by Gasteiger charge is 1.97. The minimum Gasteiger partial charge on any atom is -0.360 e. The molecule has 10 heavy (non-hydrogen) atoms. The monoisotopic (exact) mass is 134 g/mol. The van der Waals surface area contributed by atoms with E-state index in [0.717, 1.165) is 11.4 Å². The molecule has 0 amide bonds. The van der Waals surface area contributed by atoms with Gasteiger partial charge in [0.1, 0.15) is 5.69 Å². The first-order valence-electron chi connectivity index (χ1n) is 2.96. The molecule has 0 unspecified atom stereocenters. The fraction of sp³-hybridized carbons (Fsp3) is 0. The summed E-state index contributed by atoms with van der Waals surface area (Å²) in [6, 6.07) is 3.86. The lowest BCUT2D eigenvalue weighted by Gasteiger charge is -1.83. The van der Waals surface area contributed by atoms with E-state index in [4.69, 9.17) is 0 Å². The lowest BCUT2D eigenvalue weighted by molar-refractivity contribution is 0.941. The van der Waals surface area contributed by atoms with Crippen LogP contribution in [0.5, 0.6) is 0 Å². The van der Waals surface area contributed by atoms with Crippen LogP contribution in [0.15, 0.2) is 24.5 Å². The van der Waals surface area contributed by atoms with Crippen LogP contribution in [0.3, 0.4) is 0 Å². The Labute approximate surface area is 57.3 Å². The molecule has 0 bridgehead atoms. The molecule has 0 atom stereocenters. The average Bonchev–Trinajstić information content (AvgIpc) is 2.59. The van der Waals surface area contributed by atoms with Gasteiger partial charge in [0.2, 0.25) is 0 Å². The summed E-state index contributed by atoms with van der Waals surface area (Å²) >= 11 is 0. The van der Waals surface area contributed by atoms with Gasteiger partial charge in [0.15, 0.2) is 0 Å². The van der Waals surface area contributed by atoms with E-state index in [1.54, 1.807) is 6.20 Å². The van der Waals surface area contributed by atoms with E-state index in [9.17, 15) is 0 Å². The second-order valence-electron chi connectivity index (χ2n) is 1.94. The molecule has 4 nitrogen and oxygen atoms in total. The normalized spacial score (nSPS) is 10.0. The summed E-state index contributed by atoms with van der Waals surface area (Å²) in [6.07, 6.45) is 3.52. The van der Waals surface area contributed by atoms with Gasteiger partial charge in [-0.05, 0) is 12.1 Å². The number of hydrogen-bond acceptors (Lipinski definition) is 2. The predicted molar refractivity (Wildman–Crippen MR) is 36.2 cm³/mol. The maximum Gasteiger partial charge on any atom is 0.128 e. The van der Waals surface area contributed by atoms with E-state index in [2.05, 4.69) is 20.4 Å². The van der Waals surface area contributed by atoms with Crippen molar-refractivity contribution in [3.8, 4) is 11.4 Å². The summed E-state index contributed by atoms with van der Waals surface area (Å²) in [4.78, 5) is 3.02. The molecule has 0 fully saturated rings. The van der Waals surface area contributed by atoms with Crippen molar-refractivity contribution in [1.29, 1.82) is 0 Å². The molecule has 4 heteroatoms.